The maximum Gasteiger partial charge on any atom is 0.317 e. The molecule has 96 valence electrons. The van der Waals surface area contributed by atoms with Crippen LogP contribution in [0.5, 0.6) is 0 Å². The average molecular weight is 246 g/mol. The van der Waals surface area contributed by atoms with Gasteiger partial charge >= 0.3 is 6.03 Å². The number of carbonyl (C=O) groups is 1. The molecule has 2 aliphatic rings. The lowest BCUT2D eigenvalue weighted by atomic mass is 10.3. The molecule has 1 aromatic heterocycles. The molecular weight excluding hydrogens is 228 g/mol. The number of nitrogens with one attached hydrogen (secondary N) is 1. The number of carbonyl (C=O) groups excluding carboxylic acids is 1. The zero-order chi connectivity index (χ0) is 12.4. The molecule has 0 bridgehead atoms. The quantitative estimate of drug-likeness (QED) is 0.849. The predicted molar refractivity (Wildman–Crippen MR) is 69.6 cm³/mol. The molecule has 5 heteroatoms. The summed E-state index contributed by atoms with van der Waals surface area (Å²) in [6.45, 7) is 3.26. The second kappa shape index (κ2) is 4.84. The fourth-order valence-corrected chi connectivity index (χ4v) is 2.17. The van der Waals surface area contributed by atoms with Gasteiger partial charge in [-0.15, -0.1) is 0 Å². The van der Waals surface area contributed by atoms with Gasteiger partial charge < -0.3 is 15.1 Å². The van der Waals surface area contributed by atoms with Crippen LogP contribution in [-0.2, 0) is 0 Å². The molecule has 0 atom stereocenters. The highest BCUT2D eigenvalue weighted by molar-refractivity contribution is 5.75. The summed E-state index contributed by atoms with van der Waals surface area (Å²) in [6.07, 6.45) is 4.08. The van der Waals surface area contributed by atoms with E-state index >= 15 is 0 Å². The second-order valence-corrected chi connectivity index (χ2v) is 4.89. The minimum Gasteiger partial charge on any atom is -0.353 e. The molecule has 1 aliphatic carbocycles. The normalized spacial score (nSPS) is 19.8. The van der Waals surface area contributed by atoms with Gasteiger partial charge in [-0.05, 0) is 25.0 Å². The van der Waals surface area contributed by atoms with Crippen molar-refractivity contribution in [2.75, 3.05) is 31.1 Å². The van der Waals surface area contributed by atoms with E-state index in [1.807, 2.05) is 29.3 Å². The van der Waals surface area contributed by atoms with Crippen LogP contribution < -0.4 is 10.2 Å². The highest BCUT2D eigenvalue weighted by Crippen LogP contribution is 2.19. The largest absolute Gasteiger partial charge is 0.353 e. The van der Waals surface area contributed by atoms with Crippen LogP contribution in [0, 0.1) is 0 Å². The molecule has 3 rings (SSSR count). The van der Waals surface area contributed by atoms with Crippen molar-refractivity contribution in [3.63, 3.8) is 0 Å². The number of anilines is 1. The molecule has 2 heterocycles. The average Bonchev–Trinajstić information content (AvgIpc) is 3.24. The Hall–Kier alpha value is -1.78. The topological polar surface area (TPSA) is 48.5 Å². The highest BCUT2D eigenvalue weighted by atomic mass is 16.2. The molecule has 1 saturated carbocycles. The van der Waals surface area contributed by atoms with Gasteiger partial charge in [-0.3, -0.25) is 0 Å². The van der Waals surface area contributed by atoms with Gasteiger partial charge in [0.1, 0.15) is 5.82 Å². The number of nitrogens with zero attached hydrogens (tertiary/aromatic N) is 3. The van der Waals surface area contributed by atoms with Crippen molar-refractivity contribution in [2.24, 2.45) is 0 Å². The van der Waals surface area contributed by atoms with Crippen molar-refractivity contribution < 1.29 is 4.79 Å². The van der Waals surface area contributed by atoms with Crippen molar-refractivity contribution in [2.45, 2.75) is 18.9 Å². The number of pyridine rings is 1. The minimum absolute atomic E-state index is 0.0955. The molecule has 1 N–H and O–H groups in total. The number of piperazine rings is 1. The molecule has 2 amide bonds. The smallest absolute Gasteiger partial charge is 0.317 e. The third-order valence-corrected chi connectivity index (χ3v) is 3.45. The Balaban J connectivity index is 1.53. The maximum atomic E-state index is 11.9. The van der Waals surface area contributed by atoms with E-state index in [4.69, 9.17) is 0 Å². The molecule has 0 unspecified atom stereocenters. The van der Waals surface area contributed by atoms with Crippen molar-refractivity contribution in [3.05, 3.63) is 24.4 Å². The summed E-state index contributed by atoms with van der Waals surface area (Å²) in [7, 11) is 0. The monoisotopic (exact) mass is 246 g/mol. The predicted octanol–water partition coefficient (Wildman–Crippen LogP) is 1.08. The Kier molecular flexibility index (Phi) is 3.04. The van der Waals surface area contributed by atoms with E-state index in [-0.39, 0.29) is 6.03 Å². The van der Waals surface area contributed by atoms with Gasteiger partial charge in [0.2, 0.25) is 0 Å². The number of rotatable bonds is 2. The maximum absolute atomic E-state index is 11.9. The Morgan fingerprint density at radius 3 is 2.61 bits per heavy atom. The van der Waals surface area contributed by atoms with Crippen molar-refractivity contribution in [1.82, 2.24) is 15.2 Å². The third-order valence-electron chi connectivity index (χ3n) is 3.45. The van der Waals surface area contributed by atoms with E-state index in [0.717, 1.165) is 44.8 Å². The SMILES string of the molecule is O=C(NC1CC1)N1CCN(c2ccccn2)CC1. The molecule has 1 saturated heterocycles. The minimum atomic E-state index is 0.0955. The lowest BCUT2D eigenvalue weighted by molar-refractivity contribution is 0.194. The van der Waals surface area contributed by atoms with E-state index in [2.05, 4.69) is 15.2 Å². The van der Waals surface area contributed by atoms with Crippen LogP contribution in [0.15, 0.2) is 24.4 Å². The van der Waals surface area contributed by atoms with Crippen molar-refractivity contribution in [3.8, 4) is 0 Å². The van der Waals surface area contributed by atoms with E-state index in [9.17, 15) is 4.79 Å². The van der Waals surface area contributed by atoms with Crippen LogP contribution in [0.4, 0.5) is 10.6 Å². The Labute approximate surface area is 107 Å². The summed E-state index contributed by atoms with van der Waals surface area (Å²) in [4.78, 5) is 20.3. The summed E-state index contributed by atoms with van der Waals surface area (Å²) in [5, 5.41) is 3.03. The molecular formula is C13H18N4O. The summed E-state index contributed by atoms with van der Waals surface area (Å²) in [6, 6.07) is 6.46. The lowest BCUT2D eigenvalue weighted by Gasteiger charge is -2.35. The van der Waals surface area contributed by atoms with Crippen LogP contribution in [-0.4, -0.2) is 48.1 Å². The van der Waals surface area contributed by atoms with Gasteiger partial charge in [0, 0.05) is 38.4 Å². The fraction of sp³-hybridized carbons (Fsp3) is 0.538. The molecule has 0 aromatic carbocycles. The number of hydrogen-bond donors (Lipinski definition) is 1. The number of aromatic nitrogens is 1. The van der Waals surface area contributed by atoms with E-state index < -0.39 is 0 Å². The first-order valence-corrected chi connectivity index (χ1v) is 6.54. The zero-order valence-electron chi connectivity index (χ0n) is 10.4. The number of hydrogen-bond acceptors (Lipinski definition) is 3. The van der Waals surface area contributed by atoms with Gasteiger partial charge in [-0.2, -0.15) is 0 Å². The Morgan fingerprint density at radius 2 is 2.00 bits per heavy atom. The van der Waals surface area contributed by atoms with Gasteiger partial charge in [-0.1, -0.05) is 6.07 Å². The Morgan fingerprint density at radius 1 is 1.22 bits per heavy atom. The molecule has 5 nitrogen and oxygen atoms in total. The molecule has 18 heavy (non-hydrogen) atoms. The van der Waals surface area contributed by atoms with E-state index in [1.54, 1.807) is 0 Å². The van der Waals surface area contributed by atoms with Crippen molar-refractivity contribution in [1.29, 1.82) is 0 Å². The van der Waals surface area contributed by atoms with Crippen LogP contribution >= 0.6 is 0 Å². The van der Waals surface area contributed by atoms with Crippen molar-refractivity contribution >= 4 is 11.8 Å². The molecule has 2 fully saturated rings. The lowest BCUT2D eigenvalue weighted by Crippen LogP contribution is -2.52. The van der Waals surface area contributed by atoms with E-state index in [0.29, 0.717) is 6.04 Å². The first-order valence-electron chi connectivity index (χ1n) is 6.54. The van der Waals surface area contributed by atoms with Crippen LogP contribution in [0.3, 0.4) is 0 Å². The molecule has 0 radical (unpaired) electrons. The fourth-order valence-electron chi connectivity index (χ4n) is 2.17. The van der Waals surface area contributed by atoms with Gasteiger partial charge in [0.25, 0.3) is 0 Å². The van der Waals surface area contributed by atoms with Gasteiger partial charge in [0.05, 0.1) is 0 Å². The highest BCUT2D eigenvalue weighted by Gasteiger charge is 2.27. The Bertz CT molecular complexity index is 410. The summed E-state index contributed by atoms with van der Waals surface area (Å²) in [5.41, 5.74) is 0. The van der Waals surface area contributed by atoms with E-state index in [1.165, 1.54) is 0 Å². The second-order valence-electron chi connectivity index (χ2n) is 4.89. The number of amides is 2. The number of urea groups is 1. The summed E-state index contributed by atoms with van der Waals surface area (Å²) in [5.74, 6) is 1.000. The van der Waals surface area contributed by atoms with Gasteiger partial charge in [-0.25, -0.2) is 9.78 Å². The molecule has 1 aliphatic heterocycles. The van der Waals surface area contributed by atoms with Crippen LogP contribution in [0.1, 0.15) is 12.8 Å². The standard InChI is InChI=1S/C13H18N4O/c18-13(15-11-4-5-11)17-9-7-16(8-10-17)12-3-1-2-6-14-12/h1-3,6,11H,4-5,7-10H2,(H,15,18). The van der Waals surface area contributed by atoms with Gasteiger partial charge in [0.15, 0.2) is 0 Å². The van der Waals surface area contributed by atoms with Crippen LogP contribution in [0.25, 0.3) is 0 Å². The molecule has 0 spiro atoms. The first kappa shape index (κ1) is 11.3. The third kappa shape index (κ3) is 2.55. The summed E-state index contributed by atoms with van der Waals surface area (Å²) < 4.78 is 0. The molecule has 1 aromatic rings. The van der Waals surface area contributed by atoms with Crippen LogP contribution in [0.2, 0.25) is 0 Å². The summed E-state index contributed by atoms with van der Waals surface area (Å²) >= 11 is 0. The first-order chi connectivity index (χ1) is 8.83. The zero-order valence-corrected chi connectivity index (χ0v) is 10.4.